The van der Waals surface area contributed by atoms with E-state index in [2.05, 4.69) is 13.2 Å². The van der Waals surface area contributed by atoms with Gasteiger partial charge in [-0.15, -0.1) is 6.58 Å². The molecular formula is C13H16O. The first-order valence-corrected chi connectivity index (χ1v) is 4.67. The van der Waals surface area contributed by atoms with Gasteiger partial charge in [0.15, 0.2) is 0 Å². The molecule has 1 rings (SSSR count). The molecule has 0 spiro atoms. The Morgan fingerprint density at radius 3 is 2.57 bits per heavy atom. The molecule has 0 N–H and O–H groups in total. The normalized spacial score (nSPS) is 12.1. The Balaban J connectivity index is 2.47. The molecule has 0 amide bonds. The molecule has 0 bridgehead atoms. The highest BCUT2D eigenvalue weighted by Gasteiger charge is 2.04. The average Bonchev–Trinajstić information content (AvgIpc) is 2.20. The third kappa shape index (κ3) is 3.19. The van der Waals surface area contributed by atoms with Gasteiger partial charge in [-0.25, -0.2) is 0 Å². The van der Waals surface area contributed by atoms with E-state index in [0.717, 1.165) is 5.57 Å². The van der Waals surface area contributed by atoms with E-state index >= 15 is 0 Å². The van der Waals surface area contributed by atoms with Gasteiger partial charge in [-0.2, -0.15) is 0 Å². The van der Waals surface area contributed by atoms with Crippen LogP contribution in [-0.2, 0) is 11.3 Å². The maximum absolute atomic E-state index is 5.62. The van der Waals surface area contributed by atoms with Crippen molar-refractivity contribution in [3.05, 3.63) is 60.7 Å². The molecule has 0 aliphatic heterocycles. The maximum atomic E-state index is 5.62. The van der Waals surface area contributed by atoms with E-state index in [1.165, 1.54) is 5.56 Å². The molecule has 0 aromatic heterocycles. The molecule has 1 aromatic carbocycles. The summed E-state index contributed by atoms with van der Waals surface area (Å²) in [5.74, 6) is 0. The van der Waals surface area contributed by atoms with Crippen LogP contribution in [0.1, 0.15) is 12.5 Å². The first-order valence-electron chi connectivity index (χ1n) is 4.67. The SMILES string of the molecule is C=CC(OCc1ccccc1)C(=C)C. The van der Waals surface area contributed by atoms with Gasteiger partial charge in [0.2, 0.25) is 0 Å². The molecule has 1 unspecified atom stereocenters. The van der Waals surface area contributed by atoms with E-state index < -0.39 is 0 Å². The molecule has 0 heterocycles. The second-order valence-electron chi connectivity index (χ2n) is 3.30. The van der Waals surface area contributed by atoms with Crippen LogP contribution in [0.4, 0.5) is 0 Å². The van der Waals surface area contributed by atoms with Crippen LogP contribution in [0.15, 0.2) is 55.1 Å². The van der Waals surface area contributed by atoms with E-state index in [1.807, 2.05) is 37.3 Å². The Bertz CT molecular complexity index is 300. The Kier molecular flexibility index (Phi) is 4.14. The van der Waals surface area contributed by atoms with Crippen molar-refractivity contribution in [2.45, 2.75) is 19.6 Å². The highest BCUT2D eigenvalue weighted by molar-refractivity contribution is 5.14. The topological polar surface area (TPSA) is 9.23 Å². The van der Waals surface area contributed by atoms with Gasteiger partial charge in [-0.05, 0) is 18.1 Å². The second kappa shape index (κ2) is 5.40. The fourth-order valence-electron chi connectivity index (χ4n) is 1.17. The average molecular weight is 188 g/mol. The fourth-order valence-corrected chi connectivity index (χ4v) is 1.17. The largest absolute Gasteiger partial charge is 0.365 e. The number of hydrogen-bond donors (Lipinski definition) is 0. The zero-order valence-electron chi connectivity index (χ0n) is 8.57. The predicted molar refractivity (Wildman–Crippen MR) is 60.0 cm³/mol. The van der Waals surface area contributed by atoms with Crippen molar-refractivity contribution in [2.24, 2.45) is 0 Å². The van der Waals surface area contributed by atoms with Crippen molar-refractivity contribution in [2.75, 3.05) is 0 Å². The molecule has 0 aliphatic rings. The number of rotatable bonds is 5. The van der Waals surface area contributed by atoms with Crippen LogP contribution >= 0.6 is 0 Å². The summed E-state index contributed by atoms with van der Waals surface area (Å²) in [6.45, 7) is 10.1. The van der Waals surface area contributed by atoms with E-state index in [0.29, 0.717) is 6.61 Å². The zero-order valence-corrected chi connectivity index (χ0v) is 8.57. The summed E-state index contributed by atoms with van der Waals surface area (Å²) < 4.78 is 5.62. The lowest BCUT2D eigenvalue weighted by Crippen LogP contribution is -2.09. The minimum absolute atomic E-state index is 0.0461. The lowest BCUT2D eigenvalue weighted by Gasteiger charge is -2.13. The summed E-state index contributed by atoms with van der Waals surface area (Å²) in [6.07, 6.45) is 1.72. The lowest BCUT2D eigenvalue weighted by atomic mass is 10.2. The summed E-state index contributed by atoms with van der Waals surface area (Å²) >= 11 is 0. The second-order valence-corrected chi connectivity index (χ2v) is 3.30. The maximum Gasteiger partial charge on any atom is 0.0963 e. The molecule has 0 saturated heterocycles. The van der Waals surface area contributed by atoms with Crippen LogP contribution in [0.25, 0.3) is 0 Å². The molecule has 0 fully saturated rings. The third-order valence-corrected chi connectivity index (χ3v) is 1.97. The van der Waals surface area contributed by atoms with Crippen LogP contribution in [0.5, 0.6) is 0 Å². The van der Waals surface area contributed by atoms with Gasteiger partial charge in [0, 0.05) is 0 Å². The van der Waals surface area contributed by atoms with Crippen molar-refractivity contribution >= 4 is 0 Å². The van der Waals surface area contributed by atoms with E-state index in [-0.39, 0.29) is 6.10 Å². The third-order valence-electron chi connectivity index (χ3n) is 1.97. The van der Waals surface area contributed by atoms with Crippen molar-refractivity contribution in [1.29, 1.82) is 0 Å². The quantitative estimate of drug-likeness (QED) is 0.644. The van der Waals surface area contributed by atoms with Gasteiger partial charge in [0.1, 0.15) is 0 Å². The standard InChI is InChI=1S/C13H16O/c1-4-13(11(2)3)14-10-12-8-6-5-7-9-12/h4-9,13H,1-2,10H2,3H3. The molecule has 74 valence electrons. The number of benzene rings is 1. The molecular weight excluding hydrogens is 172 g/mol. The Labute approximate surface area is 85.7 Å². The Morgan fingerprint density at radius 2 is 2.07 bits per heavy atom. The van der Waals surface area contributed by atoms with Crippen LogP contribution in [0.2, 0.25) is 0 Å². The molecule has 0 radical (unpaired) electrons. The summed E-state index contributed by atoms with van der Waals surface area (Å²) in [6, 6.07) is 10.1. The van der Waals surface area contributed by atoms with Crippen LogP contribution < -0.4 is 0 Å². The molecule has 1 aromatic rings. The van der Waals surface area contributed by atoms with E-state index in [1.54, 1.807) is 6.08 Å². The van der Waals surface area contributed by atoms with Crippen molar-refractivity contribution < 1.29 is 4.74 Å². The highest BCUT2D eigenvalue weighted by Crippen LogP contribution is 2.09. The van der Waals surface area contributed by atoms with Crippen molar-refractivity contribution in [3.63, 3.8) is 0 Å². The minimum atomic E-state index is -0.0461. The molecule has 0 saturated carbocycles. The van der Waals surface area contributed by atoms with Crippen molar-refractivity contribution in [1.82, 2.24) is 0 Å². The van der Waals surface area contributed by atoms with Gasteiger partial charge in [-0.1, -0.05) is 43.0 Å². The fraction of sp³-hybridized carbons (Fsp3) is 0.231. The molecule has 14 heavy (non-hydrogen) atoms. The van der Waals surface area contributed by atoms with Gasteiger partial charge in [0.05, 0.1) is 12.7 Å². The predicted octanol–water partition coefficient (Wildman–Crippen LogP) is 3.33. The van der Waals surface area contributed by atoms with Gasteiger partial charge >= 0.3 is 0 Å². The van der Waals surface area contributed by atoms with E-state index in [9.17, 15) is 0 Å². The summed E-state index contributed by atoms with van der Waals surface area (Å²) in [4.78, 5) is 0. The lowest BCUT2D eigenvalue weighted by molar-refractivity contribution is 0.0949. The first kappa shape index (κ1) is 10.7. The molecule has 1 heteroatoms. The summed E-state index contributed by atoms with van der Waals surface area (Å²) in [7, 11) is 0. The molecule has 1 nitrogen and oxygen atoms in total. The van der Waals surface area contributed by atoms with Crippen LogP contribution in [0.3, 0.4) is 0 Å². The van der Waals surface area contributed by atoms with Crippen LogP contribution in [-0.4, -0.2) is 6.10 Å². The van der Waals surface area contributed by atoms with Crippen LogP contribution in [0, 0.1) is 0 Å². The first-order chi connectivity index (χ1) is 6.74. The van der Waals surface area contributed by atoms with Gasteiger partial charge in [0.25, 0.3) is 0 Å². The van der Waals surface area contributed by atoms with E-state index in [4.69, 9.17) is 4.74 Å². The summed E-state index contributed by atoms with van der Waals surface area (Å²) in [5.41, 5.74) is 2.15. The summed E-state index contributed by atoms with van der Waals surface area (Å²) in [5, 5.41) is 0. The zero-order chi connectivity index (χ0) is 10.4. The number of ether oxygens (including phenoxy) is 1. The van der Waals surface area contributed by atoms with Gasteiger partial charge < -0.3 is 4.74 Å². The van der Waals surface area contributed by atoms with Crippen molar-refractivity contribution in [3.8, 4) is 0 Å². The molecule has 0 aliphatic carbocycles. The molecule has 1 atom stereocenters. The smallest absolute Gasteiger partial charge is 0.0963 e. The number of hydrogen-bond acceptors (Lipinski definition) is 1. The van der Waals surface area contributed by atoms with Gasteiger partial charge in [-0.3, -0.25) is 0 Å². The Hall–Kier alpha value is -1.34. The monoisotopic (exact) mass is 188 g/mol. The minimum Gasteiger partial charge on any atom is -0.365 e. The highest BCUT2D eigenvalue weighted by atomic mass is 16.5. The Morgan fingerprint density at radius 1 is 1.43 bits per heavy atom.